The minimum Gasteiger partial charge on any atom is -0.311 e. The Balaban J connectivity index is 2.10. The molecule has 1 saturated heterocycles. The predicted molar refractivity (Wildman–Crippen MR) is 61.8 cm³/mol. The second-order valence-corrected chi connectivity index (χ2v) is 4.91. The van der Waals surface area contributed by atoms with Gasteiger partial charge in [-0.05, 0) is 24.9 Å². The number of nitrogens with zero attached hydrogens (tertiary/aromatic N) is 1. The van der Waals surface area contributed by atoms with Crippen LogP contribution in [0, 0.1) is 0 Å². The Morgan fingerprint density at radius 2 is 2.50 bits per heavy atom. The summed E-state index contributed by atoms with van der Waals surface area (Å²) < 4.78 is 0. The molecule has 0 spiro atoms. The molecule has 0 saturated carbocycles. The van der Waals surface area contributed by atoms with E-state index in [-0.39, 0.29) is 0 Å². The lowest BCUT2D eigenvalue weighted by atomic mass is 10.1. The van der Waals surface area contributed by atoms with E-state index in [0.29, 0.717) is 12.1 Å². The Morgan fingerprint density at radius 3 is 3.14 bits per heavy atom. The minimum atomic E-state index is 0.594. The third-order valence-electron chi connectivity index (χ3n) is 2.89. The summed E-state index contributed by atoms with van der Waals surface area (Å²) in [6.07, 6.45) is 0. The van der Waals surface area contributed by atoms with Crippen LogP contribution in [-0.2, 0) is 0 Å². The number of hydrogen-bond donors (Lipinski definition) is 1. The molecule has 1 aliphatic rings. The van der Waals surface area contributed by atoms with Gasteiger partial charge in [0.25, 0.3) is 0 Å². The smallest absolute Gasteiger partial charge is 0.0567 e. The summed E-state index contributed by atoms with van der Waals surface area (Å²) in [5.74, 6) is 0. The van der Waals surface area contributed by atoms with Crippen LogP contribution in [0.5, 0.6) is 0 Å². The third-order valence-corrected chi connectivity index (χ3v) is 3.86. The van der Waals surface area contributed by atoms with Crippen molar-refractivity contribution in [2.45, 2.75) is 25.9 Å². The summed E-state index contributed by atoms with van der Waals surface area (Å²) in [6, 6.07) is 5.61. The van der Waals surface area contributed by atoms with E-state index in [2.05, 4.69) is 41.6 Å². The molecular weight excluding hydrogens is 192 g/mol. The maximum Gasteiger partial charge on any atom is 0.0567 e. The first-order valence-corrected chi connectivity index (χ1v) is 6.20. The number of rotatable bonds is 2. The highest BCUT2D eigenvalue weighted by atomic mass is 32.1. The average Bonchev–Trinajstić information content (AvgIpc) is 2.70. The largest absolute Gasteiger partial charge is 0.311 e. The average molecular weight is 210 g/mol. The maximum atomic E-state index is 3.55. The molecule has 2 unspecified atom stereocenters. The Labute approximate surface area is 89.9 Å². The van der Waals surface area contributed by atoms with Crippen molar-refractivity contribution in [1.82, 2.24) is 10.2 Å². The van der Waals surface area contributed by atoms with Gasteiger partial charge in [-0.15, -0.1) is 11.3 Å². The van der Waals surface area contributed by atoms with Gasteiger partial charge in [-0.1, -0.05) is 13.0 Å². The monoisotopic (exact) mass is 210 g/mol. The molecule has 2 heterocycles. The SMILES string of the molecule is CCN1CC(C)NCC1c1cccs1. The Kier molecular flexibility index (Phi) is 3.21. The lowest BCUT2D eigenvalue weighted by Gasteiger charge is -2.38. The molecular formula is C11H18N2S. The maximum absolute atomic E-state index is 3.55. The topological polar surface area (TPSA) is 15.3 Å². The lowest BCUT2D eigenvalue weighted by molar-refractivity contribution is 0.145. The van der Waals surface area contributed by atoms with Gasteiger partial charge in [-0.2, -0.15) is 0 Å². The fraction of sp³-hybridized carbons (Fsp3) is 0.636. The number of hydrogen-bond acceptors (Lipinski definition) is 3. The van der Waals surface area contributed by atoms with Crippen molar-refractivity contribution in [3.8, 4) is 0 Å². The van der Waals surface area contributed by atoms with Gasteiger partial charge in [0, 0.05) is 24.0 Å². The molecule has 0 amide bonds. The van der Waals surface area contributed by atoms with Gasteiger partial charge in [-0.3, -0.25) is 4.90 Å². The van der Waals surface area contributed by atoms with Crippen molar-refractivity contribution < 1.29 is 0 Å². The molecule has 2 atom stereocenters. The van der Waals surface area contributed by atoms with E-state index in [0.717, 1.165) is 13.1 Å². The van der Waals surface area contributed by atoms with Gasteiger partial charge in [0.1, 0.15) is 0 Å². The number of thiophene rings is 1. The predicted octanol–water partition coefficient (Wildman–Crippen LogP) is 2.10. The zero-order valence-corrected chi connectivity index (χ0v) is 9.68. The van der Waals surface area contributed by atoms with Crippen LogP contribution in [0.4, 0.5) is 0 Å². The van der Waals surface area contributed by atoms with E-state index >= 15 is 0 Å². The molecule has 1 fully saturated rings. The zero-order valence-electron chi connectivity index (χ0n) is 8.86. The molecule has 1 aliphatic heterocycles. The molecule has 0 aliphatic carbocycles. The summed E-state index contributed by atoms with van der Waals surface area (Å²) in [6.45, 7) is 7.91. The fourth-order valence-corrected chi connectivity index (χ4v) is 2.96. The second-order valence-electron chi connectivity index (χ2n) is 3.93. The van der Waals surface area contributed by atoms with Gasteiger partial charge in [0.15, 0.2) is 0 Å². The van der Waals surface area contributed by atoms with Gasteiger partial charge in [0.05, 0.1) is 6.04 Å². The molecule has 0 bridgehead atoms. The normalized spacial score (nSPS) is 29.3. The van der Waals surface area contributed by atoms with Crippen molar-refractivity contribution >= 4 is 11.3 Å². The van der Waals surface area contributed by atoms with Crippen LogP contribution in [0.3, 0.4) is 0 Å². The first kappa shape index (κ1) is 10.1. The van der Waals surface area contributed by atoms with Crippen molar-refractivity contribution in [2.24, 2.45) is 0 Å². The highest BCUT2D eigenvalue weighted by molar-refractivity contribution is 7.10. The highest BCUT2D eigenvalue weighted by Crippen LogP contribution is 2.26. The van der Waals surface area contributed by atoms with Gasteiger partial charge >= 0.3 is 0 Å². The molecule has 0 aromatic carbocycles. The van der Waals surface area contributed by atoms with Crippen LogP contribution in [0.15, 0.2) is 17.5 Å². The first-order chi connectivity index (χ1) is 6.81. The minimum absolute atomic E-state index is 0.594. The van der Waals surface area contributed by atoms with E-state index < -0.39 is 0 Å². The van der Waals surface area contributed by atoms with Crippen LogP contribution < -0.4 is 5.32 Å². The van der Waals surface area contributed by atoms with Crippen LogP contribution in [0.2, 0.25) is 0 Å². The molecule has 1 aromatic heterocycles. The van der Waals surface area contributed by atoms with Crippen LogP contribution in [-0.4, -0.2) is 30.6 Å². The molecule has 78 valence electrons. The van der Waals surface area contributed by atoms with E-state index in [9.17, 15) is 0 Å². The number of nitrogens with one attached hydrogen (secondary N) is 1. The second kappa shape index (κ2) is 4.43. The van der Waals surface area contributed by atoms with E-state index in [1.165, 1.54) is 11.4 Å². The lowest BCUT2D eigenvalue weighted by Crippen LogP contribution is -2.50. The molecule has 1 aromatic rings. The van der Waals surface area contributed by atoms with Crippen LogP contribution in [0.25, 0.3) is 0 Å². The van der Waals surface area contributed by atoms with E-state index in [4.69, 9.17) is 0 Å². The number of likely N-dealkylation sites (N-methyl/N-ethyl adjacent to an activating group) is 1. The summed E-state index contributed by atoms with van der Waals surface area (Å²) in [4.78, 5) is 4.05. The van der Waals surface area contributed by atoms with Crippen LogP contribution >= 0.6 is 11.3 Å². The van der Waals surface area contributed by atoms with Gasteiger partial charge in [0.2, 0.25) is 0 Å². The molecule has 2 rings (SSSR count). The van der Waals surface area contributed by atoms with Crippen molar-refractivity contribution in [1.29, 1.82) is 0 Å². The third kappa shape index (κ3) is 2.00. The quantitative estimate of drug-likeness (QED) is 0.804. The van der Waals surface area contributed by atoms with Gasteiger partial charge in [-0.25, -0.2) is 0 Å². The molecule has 0 radical (unpaired) electrons. The van der Waals surface area contributed by atoms with E-state index in [1.54, 1.807) is 0 Å². The van der Waals surface area contributed by atoms with Gasteiger partial charge < -0.3 is 5.32 Å². The van der Waals surface area contributed by atoms with Crippen molar-refractivity contribution in [2.75, 3.05) is 19.6 Å². The van der Waals surface area contributed by atoms with Crippen molar-refractivity contribution in [3.05, 3.63) is 22.4 Å². The molecule has 14 heavy (non-hydrogen) atoms. The zero-order chi connectivity index (χ0) is 9.97. The Hall–Kier alpha value is -0.380. The summed E-state index contributed by atoms with van der Waals surface area (Å²) in [5, 5.41) is 5.72. The Morgan fingerprint density at radius 1 is 1.64 bits per heavy atom. The standard InChI is InChI=1S/C11H18N2S/c1-3-13-8-9(2)12-7-10(13)11-5-4-6-14-11/h4-6,9-10,12H,3,7-8H2,1-2H3. The number of piperazine rings is 1. The first-order valence-electron chi connectivity index (χ1n) is 5.32. The fourth-order valence-electron chi connectivity index (χ4n) is 2.10. The molecule has 1 N–H and O–H groups in total. The highest BCUT2D eigenvalue weighted by Gasteiger charge is 2.26. The molecule has 2 nitrogen and oxygen atoms in total. The Bertz CT molecular complexity index is 271. The van der Waals surface area contributed by atoms with Crippen LogP contribution in [0.1, 0.15) is 24.8 Å². The summed E-state index contributed by atoms with van der Waals surface area (Å²) >= 11 is 1.87. The summed E-state index contributed by atoms with van der Waals surface area (Å²) in [7, 11) is 0. The van der Waals surface area contributed by atoms with Crippen molar-refractivity contribution in [3.63, 3.8) is 0 Å². The summed E-state index contributed by atoms with van der Waals surface area (Å²) in [5.41, 5.74) is 0. The van der Waals surface area contributed by atoms with E-state index in [1.807, 2.05) is 11.3 Å². The molecule has 3 heteroatoms.